The van der Waals surface area contributed by atoms with Gasteiger partial charge in [0.1, 0.15) is 0 Å². The van der Waals surface area contributed by atoms with Crippen molar-refractivity contribution in [3.63, 3.8) is 0 Å². The van der Waals surface area contributed by atoms with Gasteiger partial charge in [-0.3, -0.25) is 0 Å². The van der Waals surface area contributed by atoms with E-state index in [1.807, 2.05) is 6.08 Å². The van der Waals surface area contributed by atoms with E-state index in [-0.39, 0.29) is 5.41 Å². The Balaban J connectivity index is 2.16. The van der Waals surface area contributed by atoms with Gasteiger partial charge in [0.15, 0.2) is 0 Å². The first kappa shape index (κ1) is 8.75. The summed E-state index contributed by atoms with van der Waals surface area (Å²) in [5, 5.41) is 12.3. The standard InChI is InChI=1S/C9H17NO/c1-3-8(2)10-6-9(7-11)4-5-9/h3,8,10-11H,1,4-7H2,2H3. The maximum atomic E-state index is 8.98. The Morgan fingerprint density at radius 2 is 2.36 bits per heavy atom. The average Bonchev–Trinajstić information content (AvgIpc) is 2.81. The van der Waals surface area contributed by atoms with Crippen molar-refractivity contribution in [1.82, 2.24) is 5.32 Å². The topological polar surface area (TPSA) is 32.3 Å². The first-order valence-electron chi connectivity index (χ1n) is 4.19. The van der Waals surface area contributed by atoms with E-state index in [4.69, 9.17) is 5.11 Å². The minimum atomic E-state index is 0.220. The lowest BCUT2D eigenvalue weighted by Gasteiger charge is -2.15. The average molecular weight is 155 g/mol. The van der Waals surface area contributed by atoms with Gasteiger partial charge in [-0.2, -0.15) is 0 Å². The van der Waals surface area contributed by atoms with Gasteiger partial charge in [0.25, 0.3) is 0 Å². The highest BCUT2D eigenvalue weighted by Crippen LogP contribution is 2.44. The lowest BCUT2D eigenvalue weighted by Crippen LogP contribution is -2.32. The highest BCUT2D eigenvalue weighted by molar-refractivity contribution is 4.96. The molecule has 1 aliphatic rings. The molecule has 1 aliphatic carbocycles. The van der Waals surface area contributed by atoms with Crippen molar-refractivity contribution in [1.29, 1.82) is 0 Å². The van der Waals surface area contributed by atoms with E-state index in [1.54, 1.807) is 0 Å². The predicted octanol–water partition coefficient (Wildman–Crippen LogP) is 0.923. The molecule has 0 saturated heterocycles. The number of aliphatic hydroxyl groups is 1. The van der Waals surface area contributed by atoms with Gasteiger partial charge in [-0.15, -0.1) is 6.58 Å². The van der Waals surface area contributed by atoms with Crippen LogP contribution in [0.3, 0.4) is 0 Å². The second-order valence-corrected chi connectivity index (χ2v) is 3.56. The van der Waals surface area contributed by atoms with E-state index >= 15 is 0 Å². The van der Waals surface area contributed by atoms with Crippen molar-refractivity contribution in [2.24, 2.45) is 5.41 Å². The molecular weight excluding hydrogens is 138 g/mol. The molecule has 1 fully saturated rings. The summed E-state index contributed by atoms with van der Waals surface area (Å²) in [6, 6.07) is 0.360. The number of rotatable bonds is 5. The Bertz CT molecular complexity index is 140. The molecule has 2 nitrogen and oxygen atoms in total. The Morgan fingerprint density at radius 3 is 2.73 bits per heavy atom. The Labute approximate surface area is 68.3 Å². The van der Waals surface area contributed by atoms with Crippen LogP contribution in [0.2, 0.25) is 0 Å². The van der Waals surface area contributed by atoms with E-state index in [2.05, 4.69) is 18.8 Å². The molecule has 2 N–H and O–H groups in total. The normalized spacial score (nSPS) is 22.7. The maximum absolute atomic E-state index is 8.98. The number of nitrogens with one attached hydrogen (secondary N) is 1. The van der Waals surface area contributed by atoms with Crippen molar-refractivity contribution < 1.29 is 5.11 Å². The molecule has 0 radical (unpaired) electrons. The van der Waals surface area contributed by atoms with Crippen LogP contribution in [0.5, 0.6) is 0 Å². The summed E-state index contributed by atoms with van der Waals surface area (Å²) >= 11 is 0. The Morgan fingerprint density at radius 1 is 1.73 bits per heavy atom. The monoisotopic (exact) mass is 155 g/mol. The van der Waals surface area contributed by atoms with Crippen LogP contribution < -0.4 is 5.32 Å². The van der Waals surface area contributed by atoms with Crippen LogP contribution in [-0.2, 0) is 0 Å². The molecule has 0 aromatic carbocycles. The van der Waals surface area contributed by atoms with Crippen molar-refractivity contribution in [3.8, 4) is 0 Å². The second kappa shape index (κ2) is 3.37. The molecule has 1 unspecified atom stereocenters. The van der Waals surface area contributed by atoms with Crippen LogP contribution in [0.25, 0.3) is 0 Å². The molecular formula is C9H17NO. The highest BCUT2D eigenvalue weighted by Gasteiger charge is 2.41. The van der Waals surface area contributed by atoms with E-state index in [0.29, 0.717) is 12.6 Å². The van der Waals surface area contributed by atoms with E-state index in [9.17, 15) is 0 Å². The molecule has 0 spiro atoms. The zero-order valence-corrected chi connectivity index (χ0v) is 7.14. The number of hydrogen-bond acceptors (Lipinski definition) is 2. The molecule has 0 heterocycles. The minimum Gasteiger partial charge on any atom is -0.396 e. The van der Waals surface area contributed by atoms with E-state index in [0.717, 1.165) is 6.54 Å². The van der Waals surface area contributed by atoms with Gasteiger partial charge in [-0.25, -0.2) is 0 Å². The number of aliphatic hydroxyl groups excluding tert-OH is 1. The molecule has 1 rings (SSSR count). The van der Waals surface area contributed by atoms with Gasteiger partial charge >= 0.3 is 0 Å². The maximum Gasteiger partial charge on any atom is 0.0499 e. The Kier molecular flexibility index (Phi) is 2.68. The first-order chi connectivity index (χ1) is 5.22. The second-order valence-electron chi connectivity index (χ2n) is 3.56. The minimum absolute atomic E-state index is 0.220. The fourth-order valence-electron chi connectivity index (χ4n) is 1.03. The van der Waals surface area contributed by atoms with Crippen molar-refractivity contribution in [3.05, 3.63) is 12.7 Å². The van der Waals surface area contributed by atoms with Crippen LogP contribution in [0.4, 0.5) is 0 Å². The summed E-state index contributed by atoms with van der Waals surface area (Å²) in [6.45, 7) is 7.00. The zero-order chi connectivity index (χ0) is 8.32. The lowest BCUT2D eigenvalue weighted by atomic mass is 10.1. The fourth-order valence-corrected chi connectivity index (χ4v) is 1.03. The van der Waals surface area contributed by atoms with Gasteiger partial charge in [-0.1, -0.05) is 6.08 Å². The third-order valence-electron chi connectivity index (χ3n) is 2.45. The molecule has 0 amide bonds. The predicted molar refractivity (Wildman–Crippen MR) is 46.4 cm³/mol. The third-order valence-corrected chi connectivity index (χ3v) is 2.45. The van der Waals surface area contributed by atoms with Crippen molar-refractivity contribution in [2.45, 2.75) is 25.8 Å². The number of hydrogen-bond donors (Lipinski definition) is 2. The molecule has 1 saturated carbocycles. The summed E-state index contributed by atoms with van der Waals surface area (Å²) < 4.78 is 0. The van der Waals surface area contributed by atoms with Crippen LogP contribution >= 0.6 is 0 Å². The first-order valence-corrected chi connectivity index (χ1v) is 4.19. The summed E-state index contributed by atoms with van der Waals surface area (Å²) in [5.41, 5.74) is 0.220. The Hall–Kier alpha value is -0.340. The third kappa shape index (κ3) is 2.31. The fraction of sp³-hybridized carbons (Fsp3) is 0.778. The molecule has 11 heavy (non-hydrogen) atoms. The zero-order valence-electron chi connectivity index (χ0n) is 7.14. The molecule has 0 aromatic rings. The molecule has 64 valence electrons. The molecule has 0 aromatic heterocycles. The molecule has 0 aliphatic heterocycles. The van der Waals surface area contributed by atoms with Crippen molar-refractivity contribution >= 4 is 0 Å². The smallest absolute Gasteiger partial charge is 0.0499 e. The van der Waals surface area contributed by atoms with Gasteiger partial charge in [0, 0.05) is 24.6 Å². The summed E-state index contributed by atoms with van der Waals surface area (Å²) in [6.07, 6.45) is 4.22. The van der Waals surface area contributed by atoms with Gasteiger partial charge < -0.3 is 10.4 Å². The summed E-state index contributed by atoms with van der Waals surface area (Å²) in [4.78, 5) is 0. The largest absolute Gasteiger partial charge is 0.396 e. The van der Waals surface area contributed by atoms with Crippen molar-refractivity contribution in [2.75, 3.05) is 13.2 Å². The van der Waals surface area contributed by atoms with E-state index in [1.165, 1.54) is 12.8 Å². The van der Waals surface area contributed by atoms with Crippen LogP contribution in [0.15, 0.2) is 12.7 Å². The quantitative estimate of drug-likeness (QED) is 0.579. The SMILES string of the molecule is C=CC(C)NCC1(CO)CC1. The van der Waals surface area contributed by atoms with Crippen LogP contribution in [-0.4, -0.2) is 24.3 Å². The van der Waals surface area contributed by atoms with Crippen LogP contribution in [0.1, 0.15) is 19.8 Å². The van der Waals surface area contributed by atoms with Gasteiger partial charge in [0.05, 0.1) is 0 Å². The van der Waals surface area contributed by atoms with Gasteiger partial charge in [0.2, 0.25) is 0 Å². The van der Waals surface area contributed by atoms with Crippen LogP contribution in [0, 0.1) is 5.41 Å². The summed E-state index contributed by atoms with van der Waals surface area (Å²) in [7, 11) is 0. The lowest BCUT2D eigenvalue weighted by molar-refractivity contribution is 0.206. The highest BCUT2D eigenvalue weighted by atomic mass is 16.3. The van der Waals surface area contributed by atoms with Gasteiger partial charge in [-0.05, 0) is 19.8 Å². The summed E-state index contributed by atoms with van der Waals surface area (Å²) in [5.74, 6) is 0. The van der Waals surface area contributed by atoms with E-state index < -0.39 is 0 Å². The molecule has 1 atom stereocenters. The molecule has 0 bridgehead atoms. The molecule has 2 heteroatoms.